The molecule has 1 aromatic heterocycles. The van der Waals surface area contributed by atoms with E-state index >= 15 is 0 Å². The highest BCUT2D eigenvalue weighted by atomic mass is 16.5. The van der Waals surface area contributed by atoms with Gasteiger partial charge in [-0.3, -0.25) is 14.5 Å². The van der Waals surface area contributed by atoms with Crippen LogP contribution in [-0.4, -0.2) is 66.5 Å². The number of pyridine rings is 1. The number of aromatic nitrogens is 1. The fourth-order valence-corrected chi connectivity index (χ4v) is 4.12. The van der Waals surface area contributed by atoms with Crippen molar-refractivity contribution in [1.29, 1.82) is 0 Å². The minimum absolute atomic E-state index is 0.170. The highest BCUT2D eigenvalue weighted by molar-refractivity contribution is 6.22. The van der Waals surface area contributed by atoms with Gasteiger partial charge in [-0.2, -0.15) is 0 Å². The number of carbonyl (C=O) groups is 3. The van der Waals surface area contributed by atoms with Gasteiger partial charge in [-0.25, -0.2) is 14.7 Å². The Labute approximate surface area is 187 Å². The Balaban J connectivity index is 1.37. The van der Waals surface area contributed by atoms with Crippen LogP contribution in [0.4, 0.5) is 11.5 Å². The van der Waals surface area contributed by atoms with Crippen molar-refractivity contribution in [3.63, 3.8) is 0 Å². The zero-order valence-electron chi connectivity index (χ0n) is 18.3. The number of nitrogens with zero attached hydrogens (tertiary/aromatic N) is 4. The summed E-state index contributed by atoms with van der Waals surface area (Å²) in [6.45, 7) is 5.30. The summed E-state index contributed by atoms with van der Waals surface area (Å²) in [5.41, 5.74) is 0.894. The van der Waals surface area contributed by atoms with Crippen molar-refractivity contribution in [3.8, 4) is 0 Å². The Kier molecular flexibility index (Phi) is 6.80. The molecule has 3 heterocycles. The molecule has 168 valence electrons. The molecule has 2 fully saturated rings. The first-order valence-corrected chi connectivity index (χ1v) is 11.1. The maximum absolute atomic E-state index is 13.1. The minimum atomic E-state index is -0.452. The van der Waals surface area contributed by atoms with E-state index in [9.17, 15) is 14.4 Å². The van der Waals surface area contributed by atoms with Gasteiger partial charge >= 0.3 is 5.97 Å². The van der Waals surface area contributed by atoms with Crippen LogP contribution in [0.5, 0.6) is 0 Å². The van der Waals surface area contributed by atoms with Gasteiger partial charge in [-0.05, 0) is 42.8 Å². The number of hydrogen-bond donors (Lipinski definition) is 0. The van der Waals surface area contributed by atoms with Crippen LogP contribution in [0.3, 0.4) is 0 Å². The first kappa shape index (κ1) is 22.0. The molecule has 2 aliphatic heterocycles. The fraction of sp³-hybridized carbons (Fsp3) is 0.417. The van der Waals surface area contributed by atoms with Crippen molar-refractivity contribution in [2.45, 2.75) is 32.2 Å². The largest absolute Gasteiger partial charge is 0.462 e. The third kappa shape index (κ3) is 4.65. The lowest BCUT2D eigenvalue weighted by atomic mass is 10.1. The summed E-state index contributed by atoms with van der Waals surface area (Å²) in [6.07, 6.45) is 3.71. The van der Waals surface area contributed by atoms with E-state index < -0.39 is 12.0 Å². The molecular weight excluding hydrogens is 408 g/mol. The number of ether oxygens (including phenoxy) is 1. The number of piperazine rings is 1. The number of unbranched alkanes of at least 4 members (excludes halogenated alkanes) is 1. The van der Waals surface area contributed by atoms with Crippen LogP contribution in [0, 0.1) is 0 Å². The summed E-state index contributed by atoms with van der Waals surface area (Å²) in [4.78, 5) is 47.8. The van der Waals surface area contributed by atoms with E-state index in [1.807, 2.05) is 25.1 Å². The fourth-order valence-electron chi connectivity index (χ4n) is 4.12. The molecule has 4 rings (SSSR count). The molecule has 0 saturated carbocycles. The number of amides is 2. The number of rotatable bonds is 7. The molecule has 32 heavy (non-hydrogen) atoms. The number of esters is 1. The highest BCUT2D eigenvalue weighted by Crippen LogP contribution is 2.27. The normalized spacial score (nSPS) is 19.5. The summed E-state index contributed by atoms with van der Waals surface area (Å²) in [7, 11) is 0. The van der Waals surface area contributed by atoms with E-state index in [2.05, 4.69) is 14.8 Å². The molecular formula is C24H28N4O4. The molecule has 0 unspecified atom stereocenters. The van der Waals surface area contributed by atoms with Crippen LogP contribution in [0.2, 0.25) is 0 Å². The Morgan fingerprint density at radius 1 is 1.06 bits per heavy atom. The van der Waals surface area contributed by atoms with Crippen LogP contribution in [0.1, 0.15) is 36.5 Å². The maximum Gasteiger partial charge on any atom is 0.338 e. The number of anilines is 2. The first-order valence-electron chi connectivity index (χ1n) is 11.1. The van der Waals surface area contributed by atoms with Crippen molar-refractivity contribution in [2.75, 3.05) is 42.6 Å². The van der Waals surface area contributed by atoms with Crippen LogP contribution in [-0.2, 0) is 14.3 Å². The summed E-state index contributed by atoms with van der Waals surface area (Å²) < 4.78 is 5.21. The Morgan fingerprint density at radius 2 is 1.81 bits per heavy atom. The molecule has 2 amide bonds. The van der Waals surface area contributed by atoms with Crippen LogP contribution >= 0.6 is 0 Å². The van der Waals surface area contributed by atoms with E-state index in [0.29, 0.717) is 30.9 Å². The lowest BCUT2D eigenvalue weighted by molar-refractivity contribution is -0.123. The van der Waals surface area contributed by atoms with E-state index in [1.165, 1.54) is 4.90 Å². The monoisotopic (exact) mass is 436 g/mol. The maximum atomic E-state index is 13.1. The quantitative estimate of drug-likeness (QED) is 0.375. The van der Waals surface area contributed by atoms with Crippen molar-refractivity contribution in [3.05, 3.63) is 54.2 Å². The third-order valence-corrected chi connectivity index (χ3v) is 5.94. The van der Waals surface area contributed by atoms with Crippen molar-refractivity contribution < 1.29 is 19.1 Å². The third-order valence-electron chi connectivity index (χ3n) is 5.94. The van der Waals surface area contributed by atoms with Crippen LogP contribution < -0.4 is 9.80 Å². The topological polar surface area (TPSA) is 83.1 Å². The molecule has 0 N–H and O–H groups in total. The van der Waals surface area contributed by atoms with Crippen molar-refractivity contribution in [2.24, 2.45) is 0 Å². The molecule has 1 atom stereocenters. The zero-order valence-corrected chi connectivity index (χ0v) is 18.3. The van der Waals surface area contributed by atoms with E-state index in [4.69, 9.17) is 4.74 Å². The van der Waals surface area contributed by atoms with Gasteiger partial charge < -0.3 is 9.64 Å². The summed E-state index contributed by atoms with van der Waals surface area (Å²) in [5.74, 6) is 0.105. The van der Waals surface area contributed by atoms with Crippen molar-refractivity contribution >= 4 is 29.3 Å². The van der Waals surface area contributed by atoms with Gasteiger partial charge in [0.05, 0.1) is 30.3 Å². The van der Waals surface area contributed by atoms with Gasteiger partial charge in [0.1, 0.15) is 5.82 Å². The van der Waals surface area contributed by atoms with Gasteiger partial charge in [0, 0.05) is 32.4 Å². The van der Waals surface area contributed by atoms with Gasteiger partial charge in [-0.15, -0.1) is 0 Å². The second kappa shape index (κ2) is 9.91. The van der Waals surface area contributed by atoms with Gasteiger partial charge in [0.2, 0.25) is 5.91 Å². The van der Waals surface area contributed by atoms with E-state index in [-0.39, 0.29) is 18.2 Å². The zero-order chi connectivity index (χ0) is 22.5. The minimum Gasteiger partial charge on any atom is -0.462 e. The highest BCUT2D eigenvalue weighted by Gasteiger charge is 2.43. The smallest absolute Gasteiger partial charge is 0.338 e. The molecule has 0 spiro atoms. The van der Waals surface area contributed by atoms with E-state index in [0.717, 1.165) is 31.7 Å². The summed E-state index contributed by atoms with van der Waals surface area (Å²) in [5, 5.41) is 0. The molecule has 2 aliphatic rings. The van der Waals surface area contributed by atoms with Gasteiger partial charge in [-0.1, -0.05) is 19.4 Å². The Bertz CT molecular complexity index is 956. The molecule has 2 saturated heterocycles. The average molecular weight is 437 g/mol. The van der Waals surface area contributed by atoms with Crippen molar-refractivity contribution in [1.82, 2.24) is 9.88 Å². The second-order valence-electron chi connectivity index (χ2n) is 8.03. The van der Waals surface area contributed by atoms with Gasteiger partial charge in [0.15, 0.2) is 0 Å². The SMILES string of the molecule is CCCCOC(=O)c1ccc(N2C(=O)C[C@H](N3CCN(c4ccccn4)CC3)C2=O)cc1. The van der Waals surface area contributed by atoms with Gasteiger partial charge in [0.25, 0.3) is 5.91 Å². The standard InChI is InChI=1S/C24H28N4O4/c1-2-3-16-32-24(31)18-7-9-19(10-8-18)28-22(29)17-20(23(28)30)26-12-14-27(15-13-26)21-6-4-5-11-25-21/h4-11,20H,2-3,12-17H2,1H3/t20-/m0/s1. The molecule has 1 aromatic carbocycles. The molecule has 0 bridgehead atoms. The Hall–Kier alpha value is -3.26. The number of carbonyl (C=O) groups excluding carboxylic acids is 3. The van der Waals surface area contributed by atoms with Crippen LogP contribution in [0.15, 0.2) is 48.7 Å². The summed E-state index contributed by atoms with van der Waals surface area (Å²) >= 11 is 0. The lowest BCUT2D eigenvalue weighted by Crippen LogP contribution is -2.52. The molecule has 8 nitrogen and oxygen atoms in total. The van der Waals surface area contributed by atoms with E-state index in [1.54, 1.807) is 30.5 Å². The molecule has 0 aliphatic carbocycles. The summed E-state index contributed by atoms with van der Waals surface area (Å²) in [6, 6.07) is 11.8. The Morgan fingerprint density at radius 3 is 2.47 bits per heavy atom. The lowest BCUT2D eigenvalue weighted by Gasteiger charge is -2.37. The molecule has 0 radical (unpaired) electrons. The predicted molar refractivity (Wildman–Crippen MR) is 121 cm³/mol. The number of imide groups is 1. The number of hydrogen-bond acceptors (Lipinski definition) is 7. The first-order chi connectivity index (χ1) is 15.6. The predicted octanol–water partition coefficient (Wildman–Crippen LogP) is 2.49. The van der Waals surface area contributed by atoms with Crippen LogP contribution in [0.25, 0.3) is 0 Å². The average Bonchev–Trinajstić information content (AvgIpc) is 3.13. The number of benzene rings is 1. The second-order valence-corrected chi connectivity index (χ2v) is 8.03. The molecule has 8 heteroatoms. The molecule has 2 aromatic rings.